The zero-order chi connectivity index (χ0) is 27.8. The van der Waals surface area contributed by atoms with Crippen LogP contribution in [0.4, 0.5) is 14.2 Å². The van der Waals surface area contributed by atoms with E-state index in [4.69, 9.17) is 4.74 Å². The Bertz CT molecular complexity index is 1240. The fourth-order valence-electron chi connectivity index (χ4n) is 6.48. The number of cyclic esters (lactones) is 1. The molecule has 4 heterocycles. The minimum absolute atomic E-state index is 0.0669. The Morgan fingerprint density at radius 1 is 1.15 bits per heavy atom. The molecule has 0 aliphatic carbocycles. The second kappa shape index (κ2) is 10.9. The number of hydrogen-bond donors (Lipinski definition) is 2. The van der Waals surface area contributed by atoms with Crippen LogP contribution in [0.5, 0.6) is 0 Å². The molecule has 8 nitrogen and oxygen atoms in total. The van der Waals surface area contributed by atoms with Gasteiger partial charge in [-0.1, -0.05) is 12.1 Å². The van der Waals surface area contributed by atoms with Gasteiger partial charge in [-0.2, -0.15) is 0 Å². The number of hydrogen-bond acceptors (Lipinski definition) is 6. The Balaban J connectivity index is 1.31. The number of likely N-dealkylation sites (tertiary alicyclic amines) is 2. The molecule has 210 valence electrons. The van der Waals surface area contributed by atoms with Crippen molar-refractivity contribution in [3.63, 3.8) is 0 Å². The molecule has 0 saturated carbocycles. The second-order valence-electron chi connectivity index (χ2n) is 11.5. The number of carbonyl (C=O) groups is 3. The highest BCUT2D eigenvalue weighted by Gasteiger charge is 2.54. The molecule has 1 spiro atoms. The summed E-state index contributed by atoms with van der Waals surface area (Å²) >= 11 is 1.29. The van der Waals surface area contributed by atoms with Crippen molar-refractivity contribution in [3.05, 3.63) is 41.0 Å². The van der Waals surface area contributed by atoms with Crippen LogP contribution in [-0.4, -0.2) is 72.1 Å². The highest BCUT2D eigenvalue weighted by molar-refractivity contribution is 7.15. The van der Waals surface area contributed by atoms with Gasteiger partial charge in [-0.25, -0.2) is 9.18 Å². The van der Waals surface area contributed by atoms with Crippen molar-refractivity contribution in [2.24, 2.45) is 5.41 Å². The van der Waals surface area contributed by atoms with Crippen molar-refractivity contribution >= 4 is 34.2 Å². The van der Waals surface area contributed by atoms with Crippen LogP contribution in [0.3, 0.4) is 0 Å². The molecule has 10 heteroatoms. The molecule has 3 fully saturated rings. The van der Waals surface area contributed by atoms with Crippen LogP contribution in [0, 0.1) is 11.2 Å². The minimum Gasteiger partial charge on any atom is -0.459 e. The highest BCUT2D eigenvalue weighted by atomic mass is 32.1. The maximum atomic E-state index is 13.9. The average Bonchev–Trinajstić information content (AvgIpc) is 3.40. The van der Waals surface area contributed by atoms with Crippen molar-refractivity contribution in [1.29, 1.82) is 0 Å². The van der Waals surface area contributed by atoms with Crippen LogP contribution < -0.4 is 10.6 Å². The normalized spacial score (nSPS) is 23.6. The number of urea groups is 1. The van der Waals surface area contributed by atoms with E-state index >= 15 is 0 Å². The number of carbonyl (C=O) groups excluding carboxylic acids is 3. The summed E-state index contributed by atoms with van der Waals surface area (Å²) in [6, 6.07) is 5.97. The number of nitrogens with one attached hydrogen (secondary N) is 2. The summed E-state index contributed by atoms with van der Waals surface area (Å²) < 4.78 is 19.3. The third-order valence-electron chi connectivity index (χ3n) is 8.17. The van der Waals surface area contributed by atoms with Gasteiger partial charge in [0.25, 0.3) is 5.91 Å². The largest absolute Gasteiger partial charge is 0.459 e. The Morgan fingerprint density at radius 3 is 2.51 bits per heavy atom. The summed E-state index contributed by atoms with van der Waals surface area (Å²) in [5.74, 6) is -0.557. The number of thiophene rings is 1. The summed E-state index contributed by atoms with van der Waals surface area (Å²) in [4.78, 5) is 43.3. The van der Waals surface area contributed by atoms with Gasteiger partial charge in [0.05, 0.1) is 11.0 Å². The van der Waals surface area contributed by atoms with E-state index < -0.39 is 11.0 Å². The fourth-order valence-corrected chi connectivity index (χ4v) is 7.43. The number of benzene rings is 1. The van der Waals surface area contributed by atoms with E-state index in [0.717, 1.165) is 44.2 Å². The Labute approximate surface area is 232 Å². The van der Waals surface area contributed by atoms with E-state index in [1.165, 1.54) is 23.5 Å². The molecule has 3 aliphatic rings. The zero-order valence-corrected chi connectivity index (χ0v) is 23.7. The third-order valence-corrected chi connectivity index (χ3v) is 9.06. The van der Waals surface area contributed by atoms with E-state index in [9.17, 15) is 18.8 Å². The van der Waals surface area contributed by atoms with Crippen LogP contribution >= 0.6 is 11.3 Å². The Hall–Kier alpha value is -2.98. The van der Waals surface area contributed by atoms with Crippen LogP contribution in [0.25, 0.3) is 11.1 Å². The van der Waals surface area contributed by atoms with Crippen molar-refractivity contribution < 1.29 is 23.5 Å². The molecule has 0 radical (unpaired) electrons. The third kappa shape index (κ3) is 5.68. The number of piperidine rings is 2. The molecular weight excluding hydrogens is 519 g/mol. The molecule has 0 bridgehead atoms. The van der Waals surface area contributed by atoms with Gasteiger partial charge in [0.1, 0.15) is 16.4 Å². The number of amides is 3. The quantitative estimate of drug-likeness (QED) is 0.500. The average molecular weight is 557 g/mol. The number of anilines is 1. The molecule has 3 aliphatic heterocycles. The lowest BCUT2D eigenvalue weighted by Crippen LogP contribution is -2.53. The fraction of sp³-hybridized carbons (Fsp3) is 0.552. The zero-order valence-electron chi connectivity index (χ0n) is 22.8. The van der Waals surface area contributed by atoms with Gasteiger partial charge in [0.2, 0.25) is 0 Å². The first kappa shape index (κ1) is 27.6. The van der Waals surface area contributed by atoms with Gasteiger partial charge in [-0.3, -0.25) is 19.8 Å². The maximum absolute atomic E-state index is 13.9. The number of ether oxygens (including phenoxy) is 1. The van der Waals surface area contributed by atoms with Gasteiger partial charge in [-0.15, -0.1) is 11.3 Å². The van der Waals surface area contributed by atoms with Gasteiger partial charge < -0.3 is 15.0 Å². The van der Waals surface area contributed by atoms with E-state index in [-0.39, 0.29) is 23.7 Å². The van der Waals surface area contributed by atoms with Crippen molar-refractivity contribution in [2.75, 3.05) is 38.0 Å². The van der Waals surface area contributed by atoms with Crippen molar-refractivity contribution in [2.45, 2.75) is 64.5 Å². The van der Waals surface area contributed by atoms with E-state index in [0.29, 0.717) is 48.3 Å². The first-order chi connectivity index (χ1) is 18.6. The number of nitrogens with zero attached hydrogens (tertiary/aromatic N) is 2. The minimum atomic E-state index is -0.422. The second-order valence-corrected chi connectivity index (χ2v) is 12.4. The summed E-state index contributed by atoms with van der Waals surface area (Å²) in [5, 5.41) is 7.85. The van der Waals surface area contributed by atoms with E-state index in [1.807, 2.05) is 31.1 Å². The van der Waals surface area contributed by atoms with Gasteiger partial charge >= 0.3 is 12.0 Å². The maximum Gasteiger partial charge on any atom is 0.319 e. The summed E-state index contributed by atoms with van der Waals surface area (Å²) in [6.45, 7) is 9.11. The molecule has 1 aromatic carbocycles. The number of esters is 1. The molecule has 5 rings (SSSR count). The van der Waals surface area contributed by atoms with E-state index in [1.54, 1.807) is 12.1 Å². The lowest BCUT2D eigenvalue weighted by molar-refractivity contribution is -0.154. The first-order valence-corrected chi connectivity index (χ1v) is 14.7. The lowest BCUT2D eigenvalue weighted by atomic mass is 9.74. The summed E-state index contributed by atoms with van der Waals surface area (Å²) in [6.07, 6.45) is 4.22. The molecule has 1 atom stereocenters. The first-order valence-electron chi connectivity index (χ1n) is 13.8. The molecular formula is C29H37FN4O4S. The molecule has 1 aromatic heterocycles. The molecule has 39 heavy (non-hydrogen) atoms. The van der Waals surface area contributed by atoms with Crippen LogP contribution in [-0.2, 0) is 9.53 Å². The van der Waals surface area contributed by atoms with Gasteiger partial charge in [0, 0.05) is 49.6 Å². The van der Waals surface area contributed by atoms with Crippen LogP contribution in [0.2, 0.25) is 0 Å². The highest BCUT2D eigenvalue weighted by Crippen LogP contribution is 2.47. The molecule has 3 amide bonds. The Kier molecular flexibility index (Phi) is 7.70. The van der Waals surface area contributed by atoms with Gasteiger partial charge in [-0.05, 0) is 70.7 Å². The topological polar surface area (TPSA) is 91.0 Å². The smallest absolute Gasteiger partial charge is 0.319 e. The lowest BCUT2D eigenvalue weighted by Gasteiger charge is -2.44. The van der Waals surface area contributed by atoms with Crippen LogP contribution in [0.1, 0.15) is 63.2 Å². The summed E-state index contributed by atoms with van der Waals surface area (Å²) in [7, 11) is 0. The standard InChI is InChI=1S/C29H37FN4O4S/c1-4-31-27(37)32-24-23(22(16-39-24)19-6-8-20(30)9-7-19)25(35)33-14-10-21(11-15-33)34-13-5-12-29(18-34)17-28(2,3)38-26(29)36/h6-9,16,21H,4-5,10-15,17-18H2,1-3H3,(H2,31,32,37). The number of rotatable bonds is 5. The molecule has 2 N–H and O–H groups in total. The number of halogens is 1. The predicted octanol–water partition coefficient (Wildman–Crippen LogP) is 5.11. The molecule has 1 unspecified atom stereocenters. The monoisotopic (exact) mass is 556 g/mol. The Morgan fingerprint density at radius 2 is 1.87 bits per heavy atom. The molecule has 3 saturated heterocycles. The van der Waals surface area contributed by atoms with Crippen molar-refractivity contribution in [1.82, 2.24) is 15.1 Å². The van der Waals surface area contributed by atoms with Crippen molar-refractivity contribution in [3.8, 4) is 11.1 Å². The van der Waals surface area contributed by atoms with E-state index in [2.05, 4.69) is 15.5 Å². The van der Waals surface area contributed by atoms with Crippen LogP contribution in [0.15, 0.2) is 29.6 Å². The predicted molar refractivity (Wildman–Crippen MR) is 149 cm³/mol. The molecule has 2 aromatic rings. The van der Waals surface area contributed by atoms with Gasteiger partial charge in [0.15, 0.2) is 0 Å². The summed E-state index contributed by atoms with van der Waals surface area (Å²) in [5.41, 5.74) is 0.997. The SMILES string of the molecule is CCNC(=O)Nc1scc(-c2ccc(F)cc2)c1C(=O)N1CCC(N2CCCC3(C2)CC(C)(C)OC3=O)CC1.